The molecule has 1 rings (SSSR count). The SMILES string of the molecule is CC/C(=C/F)CSc1ccccc1. The molecule has 0 atom stereocenters. The van der Waals surface area contributed by atoms with E-state index < -0.39 is 0 Å². The molecule has 13 heavy (non-hydrogen) atoms. The van der Waals surface area contributed by atoms with Crippen LogP contribution < -0.4 is 0 Å². The second-order valence-electron chi connectivity index (χ2n) is 2.72. The van der Waals surface area contributed by atoms with Gasteiger partial charge in [0.05, 0.1) is 6.33 Å². The quantitative estimate of drug-likeness (QED) is 0.655. The van der Waals surface area contributed by atoms with Crippen molar-refractivity contribution in [1.82, 2.24) is 0 Å². The fraction of sp³-hybridized carbons (Fsp3) is 0.273. The molecule has 0 nitrogen and oxygen atoms in total. The lowest BCUT2D eigenvalue weighted by Crippen LogP contribution is -1.84. The number of benzene rings is 1. The molecule has 0 aliphatic heterocycles. The number of hydrogen-bond donors (Lipinski definition) is 0. The van der Waals surface area contributed by atoms with E-state index in [4.69, 9.17) is 0 Å². The number of rotatable bonds is 4. The maximum absolute atomic E-state index is 12.2. The van der Waals surface area contributed by atoms with Crippen molar-refractivity contribution in [1.29, 1.82) is 0 Å². The zero-order valence-electron chi connectivity index (χ0n) is 7.66. The molecule has 1 aromatic rings. The summed E-state index contributed by atoms with van der Waals surface area (Å²) in [4.78, 5) is 1.19. The van der Waals surface area contributed by atoms with Crippen LogP contribution in [0.2, 0.25) is 0 Å². The average Bonchev–Trinajstić information content (AvgIpc) is 2.21. The van der Waals surface area contributed by atoms with Crippen LogP contribution in [0.15, 0.2) is 47.1 Å². The fourth-order valence-corrected chi connectivity index (χ4v) is 1.87. The molecule has 0 spiro atoms. The number of halogens is 1. The lowest BCUT2D eigenvalue weighted by atomic mass is 10.3. The van der Waals surface area contributed by atoms with Crippen LogP contribution in [0.4, 0.5) is 4.39 Å². The predicted octanol–water partition coefficient (Wildman–Crippen LogP) is 4.04. The maximum Gasteiger partial charge on any atom is 0.0867 e. The van der Waals surface area contributed by atoms with Crippen molar-refractivity contribution in [3.8, 4) is 0 Å². The van der Waals surface area contributed by atoms with Crippen molar-refractivity contribution in [2.45, 2.75) is 18.2 Å². The Kier molecular flexibility index (Phi) is 4.61. The molecule has 0 radical (unpaired) electrons. The molecule has 0 heterocycles. The van der Waals surface area contributed by atoms with Crippen LogP contribution in [0, 0.1) is 0 Å². The molecule has 0 aromatic heterocycles. The summed E-state index contributed by atoms with van der Waals surface area (Å²) in [6.45, 7) is 1.97. The Morgan fingerprint density at radius 3 is 2.62 bits per heavy atom. The Morgan fingerprint density at radius 1 is 1.38 bits per heavy atom. The highest BCUT2D eigenvalue weighted by atomic mass is 32.2. The smallest absolute Gasteiger partial charge is 0.0867 e. The summed E-state index contributed by atoms with van der Waals surface area (Å²) in [5.74, 6) is 0.747. The highest BCUT2D eigenvalue weighted by Gasteiger charge is 1.96. The summed E-state index contributed by atoms with van der Waals surface area (Å²) in [5, 5.41) is 0. The van der Waals surface area contributed by atoms with E-state index in [2.05, 4.69) is 0 Å². The molecule has 0 bridgehead atoms. The van der Waals surface area contributed by atoms with Crippen molar-refractivity contribution in [2.24, 2.45) is 0 Å². The standard InChI is InChI=1S/C11H13FS/c1-2-10(8-12)9-13-11-6-4-3-5-7-11/h3-8H,2,9H2,1H3/b10-8-. The predicted molar refractivity (Wildman–Crippen MR) is 56.6 cm³/mol. The van der Waals surface area contributed by atoms with E-state index in [-0.39, 0.29) is 0 Å². The molecule has 0 N–H and O–H groups in total. The van der Waals surface area contributed by atoms with E-state index in [0.717, 1.165) is 24.1 Å². The molecule has 2 heteroatoms. The first-order valence-electron chi connectivity index (χ1n) is 4.32. The summed E-state index contributed by atoms with van der Waals surface area (Å²) in [5.41, 5.74) is 0.855. The molecule has 0 aliphatic carbocycles. The van der Waals surface area contributed by atoms with Crippen LogP contribution in [0.1, 0.15) is 13.3 Å². The molecular formula is C11H13FS. The van der Waals surface area contributed by atoms with Crippen LogP contribution in [0.25, 0.3) is 0 Å². The van der Waals surface area contributed by atoms with Crippen LogP contribution in [-0.4, -0.2) is 5.75 Å². The van der Waals surface area contributed by atoms with Crippen molar-refractivity contribution in [2.75, 3.05) is 5.75 Å². The Hall–Kier alpha value is -0.760. The van der Waals surface area contributed by atoms with Gasteiger partial charge in [-0.3, -0.25) is 0 Å². The second kappa shape index (κ2) is 5.81. The molecular weight excluding hydrogens is 183 g/mol. The molecule has 0 saturated heterocycles. The minimum Gasteiger partial charge on any atom is -0.216 e. The molecule has 0 saturated carbocycles. The van der Waals surface area contributed by atoms with Gasteiger partial charge in [-0.25, -0.2) is 4.39 Å². The minimum atomic E-state index is 0.718. The van der Waals surface area contributed by atoms with E-state index in [1.54, 1.807) is 11.8 Å². The lowest BCUT2D eigenvalue weighted by Gasteiger charge is -2.01. The van der Waals surface area contributed by atoms with E-state index in [0.29, 0.717) is 0 Å². The van der Waals surface area contributed by atoms with Crippen molar-refractivity contribution in [3.63, 3.8) is 0 Å². The summed E-state index contributed by atoms with van der Waals surface area (Å²) in [6.07, 6.45) is 1.51. The van der Waals surface area contributed by atoms with Crippen molar-refractivity contribution < 1.29 is 4.39 Å². The first-order chi connectivity index (χ1) is 6.36. The first-order valence-corrected chi connectivity index (χ1v) is 5.31. The van der Waals surface area contributed by atoms with Gasteiger partial charge in [-0.1, -0.05) is 25.1 Å². The Balaban J connectivity index is 2.43. The van der Waals surface area contributed by atoms with Gasteiger partial charge in [-0.05, 0) is 24.1 Å². The summed E-state index contributed by atoms with van der Waals surface area (Å²) < 4.78 is 12.2. The highest BCUT2D eigenvalue weighted by Crippen LogP contribution is 2.20. The summed E-state index contributed by atoms with van der Waals surface area (Å²) in [6, 6.07) is 10.0. The van der Waals surface area contributed by atoms with Gasteiger partial charge in [0, 0.05) is 10.6 Å². The molecule has 0 fully saturated rings. The van der Waals surface area contributed by atoms with Crippen LogP contribution >= 0.6 is 11.8 Å². The Bertz CT molecular complexity index is 267. The Labute approximate surface area is 82.9 Å². The van der Waals surface area contributed by atoms with Gasteiger partial charge in [0.1, 0.15) is 0 Å². The minimum absolute atomic E-state index is 0.718. The van der Waals surface area contributed by atoms with Gasteiger partial charge >= 0.3 is 0 Å². The van der Waals surface area contributed by atoms with Gasteiger partial charge in [-0.2, -0.15) is 0 Å². The summed E-state index contributed by atoms with van der Waals surface area (Å²) in [7, 11) is 0. The monoisotopic (exact) mass is 196 g/mol. The third kappa shape index (κ3) is 3.64. The number of hydrogen-bond acceptors (Lipinski definition) is 1. The zero-order chi connectivity index (χ0) is 9.52. The maximum atomic E-state index is 12.2. The van der Waals surface area contributed by atoms with E-state index in [1.807, 2.05) is 37.3 Å². The highest BCUT2D eigenvalue weighted by molar-refractivity contribution is 7.99. The molecule has 0 aliphatic rings. The van der Waals surface area contributed by atoms with Gasteiger partial charge in [0.15, 0.2) is 0 Å². The molecule has 0 amide bonds. The molecule has 0 unspecified atom stereocenters. The molecule has 1 aromatic carbocycles. The van der Waals surface area contributed by atoms with E-state index >= 15 is 0 Å². The average molecular weight is 196 g/mol. The Morgan fingerprint density at radius 2 is 2.08 bits per heavy atom. The number of thioether (sulfide) groups is 1. The molecule has 70 valence electrons. The van der Waals surface area contributed by atoms with Crippen LogP contribution in [-0.2, 0) is 0 Å². The van der Waals surface area contributed by atoms with Gasteiger partial charge < -0.3 is 0 Å². The third-order valence-corrected chi connectivity index (χ3v) is 2.90. The second-order valence-corrected chi connectivity index (χ2v) is 3.77. The first kappa shape index (κ1) is 10.3. The van der Waals surface area contributed by atoms with E-state index in [9.17, 15) is 4.39 Å². The van der Waals surface area contributed by atoms with Crippen LogP contribution in [0.3, 0.4) is 0 Å². The topological polar surface area (TPSA) is 0 Å². The zero-order valence-corrected chi connectivity index (χ0v) is 8.48. The van der Waals surface area contributed by atoms with E-state index in [1.165, 1.54) is 4.90 Å². The van der Waals surface area contributed by atoms with Gasteiger partial charge in [-0.15, -0.1) is 11.8 Å². The van der Waals surface area contributed by atoms with Crippen molar-refractivity contribution >= 4 is 11.8 Å². The van der Waals surface area contributed by atoms with Gasteiger partial charge in [0.2, 0.25) is 0 Å². The third-order valence-electron chi connectivity index (χ3n) is 1.78. The largest absolute Gasteiger partial charge is 0.216 e. The normalized spacial score (nSPS) is 11.7. The van der Waals surface area contributed by atoms with Crippen LogP contribution in [0.5, 0.6) is 0 Å². The van der Waals surface area contributed by atoms with Crippen molar-refractivity contribution in [3.05, 3.63) is 42.2 Å². The fourth-order valence-electron chi connectivity index (χ4n) is 0.903. The summed E-state index contributed by atoms with van der Waals surface area (Å²) >= 11 is 1.67. The van der Waals surface area contributed by atoms with Gasteiger partial charge in [0.25, 0.3) is 0 Å². The lowest BCUT2D eigenvalue weighted by molar-refractivity contribution is 0.703.